The van der Waals surface area contributed by atoms with E-state index in [1.807, 2.05) is 36.4 Å². The van der Waals surface area contributed by atoms with Crippen LogP contribution in [0.1, 0.15) is 10.4 Å². The standard InChI is InChI=1S/C16H17NO2.BrH/c18-16(12-17-7-9-19-10-8-17)15-6-5-13-3-1-2-4-14(13)11-15;/h1-6,11H,7-10,12H2;1H. The summed E-state index contributed by atoms with van der Waals surface area (Å²) in [7, 11) is 0. The molecule has 20 heavy (non-hydrogen) atoms. The number of benzene rings is 2. The van der Waals surface area contributed by atoms with Gasteiger partial charge in [-0.2, -0.15) is 0 Å². The number of hydrogen-bond donors (Lipinski definition) is 0. The summed E-state index contributed by atoms with van der Waals surface area (Å²) >= 11 is 0. The fraction of sp³-hybridized carbons (Fsp3) is 0.312. The first-order valence-electron chi connectivity index (χ1n) is 6.65. The van der Waals surface area contributed by atoms with Crippen LogP contribution in [0, 0.1) is 0 Å². The molecule has 3 nitrogen and oxygen atoms in total. The van der Waals surface area contributed by atoms with Gasteiger partial charge >= 0.3 is 0 Å². The number of nitrogens with zero attached hydrogens (tertiary/aromatic N) is 1. The zero-order valence-electron chi connectivity index (χ0n) is 11.2. The Morgan fingerprint density at radius 1 is 1.05 bits per heavy atom. The van der Waals surface area contributed by atoms with Crippen molar-refractivity contribution in [2.24, 2.45) is 0 Å². The lowest BCUT2D eigenvalue weighted by Crippen LogP contribution is -2.39. The number of ether oxygens (including phenoxy) is 1. The first kappa shape index (κ1) is 15.2. The van der Waals surface area contributed by atoms with Crippen LogP contribution in [0.15, 0.2) is 42.5 Å². The molecule has 4 heteroatoms. The molecule has 0 radical (unpaired) electrons. The first-order chi connectivity index (χ1) is 9.33. The van der Waals surface area contributed by atoms with Crippen molar-refractivity contribution < 1.29 is 9.53 Å². The van der Waals surface area contributed by atoms with Crippen molar-refractivity contribution in [3.05, 3.63) is 48.0 Å². The average molecular weight is 336 g/mol. The molecule has 0 N–H and O–H groups in total. The minimum atomic E-state index is 0. The first-order valence-corrected chi connectivity index (χ1v) is 6.65. The molecular formula is C16H18BrNO2. The molecule has 106 valence electrons. The zero-order valence-corrected chi connectivity index (χ0v) is 13.0. The second kappa shape index (κ2) is 6.97. The summed E-state index contributed by atoms with van der Waals surface area (Å²) in [4.78, 5) is 14.4. The summed E-state index contributed by atoms with van der Waals surface area (Å²) in [6, 6.07) is 14.0. The van der Waals surface area contributed by atoms with E-state index in [0.29, 0.717) is 6.54 Å². The summed E-state index contributed by atoms with van der Waals surface area (Å²) in [6.07, 6.45) is 0. The van der Waals surface area contributed by atoms with Gasteiger partial charge in [0.2, 0.25) is 0 Å². The maximum absolute atomic E-state index is 12.3. The van der Waals surface area contributed by atoms with Gasteiger partial charge in [0.1, 0.15) is 0 Å². The van der Waals surface area contributed by atoms with Gasteiger partial charge in [-0.25, -0.2) is 0 Å². The third-order valence-corrected chi connectivity index (χ3v) is 3.54. The van der Waals surface area contributed by atoms with Crippen LogP contribution >= 0.6 is 17.0 Å². The highest BCUT2D eigenvalue weighted by Crippen LogP contribution is 2.16. The molecule has 0 atom stereocenters. The van der Waals surface area contributed by atoms with Crippen LogP contribution in [0.5, 0.6) is 0 Å². The smallest absolute Gasteiger partial charge is 0.176 e. The average Bonchev–Trinajstić information content (AvgIpc) is 2.48. The molecule has 0 spiro atoms. The molecule has 0 aliphatic carbocycles. The Hall–Kier alpha value is -1.23. The van der Waals surface area contributed by atoms with Crippen LogP contribution in [0.3, 0.4) is 0 Å². The summed E-state index contributed by atoms with van der Waals surface area (Å²) in [5, 5.41) is 2.29. The van der Waals surface area contributed by atoms with E-state index in [-0.39, 0.29) is 22.8 Å². The van der Waals surface area contributed by atoms with Crippen molar-refractivity contribution in [2.75, 3.05) is 32.8 Å². The van der Waals surface area contributed by atoms with Crippen molar-refractivity contribution >= 4 is 33.5 Å². The third-order valence-electron chi connectivity index (χ3n) is 3.54. The predicted octanol–water partition coefficient (Wildman–Crippen LogP) is 2.93. The molecule has 0 aromatic heterocycles. The van der Waals surface area contributed by atoms with Crippen LogP contribution in [-0.4, -0.2) is 43.5 Å². The summed E-state index contributed by atoms with van der Waals surface area (Å²) in [6.45, 7) is 3.64. The second-order valence-corrected chi connectivity index (χ2v) is 4.87. The summed E-state index contributed by atoms with van der Waals surface area (Å²) < 4.78 is 5.29. The normalized spacial score (nSPS) is 15.8. The number of hydrogen-bond acceptors (Lipinski definition) is 3. The third kappa shape index (κ3) is 3.45. The highest BCUT2D eigenvalue weighted by molar-refractivity contribution is 8.93. The topological polar surface area (TPSA) is 29.5 Å². The molecular weight excluding hydrogens is 318 g/mol. The molecule has 1 aliphatic rings. The van der Waals surface area contributed by atoms with Crippen LogP contribution in [0.2, 0.25) is 0 Å². The minimum Gasteiger partial charge on any atom is -0.379 e. The lowest BCUT2D eigenvalue weighted by Gasteiger charge is -2.25. The Balaban J connectivity index is 0.00000147. The molecule has 2 aromatic rings. The molecule has 0 bridgehead atoms. The van der Waals surface area contributed by atoms with Gasteiger partial charge in [0.25, 0.3) is 0 Å². The molecule has 2 aromatic carbocycles. The largest absolute Gasteiger partial charge is 0.379 e. The van der Waals surface area contributed by atoms with Gasteiger partial charge < -0.3 is 4.74 Å². The van der Waals surface area contributed by atoms with Crippen molar-refractivity contribution in [2.45, 2.75) is 0 Å². The number of fused-ring (bicyclic) bond motifs is 1. The van der Waals surface area contributed by atoms with E-state index in [1.165, 1.54) is 5.39 Å². The van der Waals surface area contributed by atoms with Crippen LogP contribution < -0.4 is 0 Å². The highest BCUT2D eigenvalue weighted by Gasteiger charge is 2.15. The zero-order chi connectivity index (χ0) is 13.1. The number of morpholine rings is 1. The van der Waals surface area contributed by atoms with Gasteiger partial charge in [-0.3, -0.25) is 9.69 Å². The lowest BCUT2D eigenvalue weighted by atomic mass is 10.0. The van der Waals surface area contributed by atoms with Gasteiger partial charge in [-0.1, -0.05) is 36.4 Å². The highest BCUT2D eigenvalue weighted by atomic mass is 79.9. The van der Waals surface area contributed by atoms with E-state index in [1.54, 1.807) is 0 Å². The Labute approximate surface area is 129 Å². The molecule has 0 unspecified atom stereocenters. The molecule has 1 heterocycles. The monoisotopic (exact) mass is 335 g/mol. The number of carbonyl (C=O) groups is 1. The van der Waals surface area contributed by atoms with E-state index in [9.17, 15) is 4.79 Å². The van der Waals surface area contributed by atoms with E-state index in [0.717, 1.165) is 37.3 Å². The van der Waals surface area contributed by atoms with Crippen molar-refractivity contribution in [3.63, 3.8) is 0 Å². The maximum Gasteiger partial charge on any atom is 0.176 e. The van der Waals surface area contributed by atoms with Gasteiger partial charge in [0.15, 0.2) is 5.78 Å². The van der Waals surface area contributed by atoms with Crippen LogP contribution in [0.4, 0.5) is 0 Å². The lowest BCUT2D eigenvalue weighted by molar-refractivity contribution is 0.0371. The maximum atomic E-state index is 12.3. The van der Waals surface area contributed by atoms with Crippen LogP contribution in [0.25, 0.3) is 10.8 Å². The quantitative estimate of drug-likeness (QED) is 0.807. The fourth-order valence-electron chi connectivity index (χ4n) is 2.42. The summed E-state index contributed by atoms with van der Waals surface area (Å²) in [5.74, 6) is 0.188. The summed E-state index contributed by atoms with van der Waals surface area (Å²) in [5.41, 5.74) is 0.796. The van der Waals surface area contributed by atoms with Crippen molar-refractivity contribution in [3.8, 4) is 0 Å². The van der Waals surface area contributed by atoms with E-state index in [4.69, 9.17) is 4.74 Å². The van der Waals surface area contributed by atoms with Gasteiger partial charge in [-0.15, -0.1) is 17.0 Å². The van der Waals surface area contributed by atoms with E-state index < -0.39 is 0 Å². The Kier molecular flexibility index (Phi) is 5.29. The van der Waals surface area contributed by atoms with E-state index >= 15 is 0 Å². The van der Waals surface area contributed by atoms with Crippen LogP contribution in [-0.2, 0) is 4.74 Å². The van der Waals surface area contributed by atoms with Crippen molar-refractivity contribution in [1.82, 2.24) is 4.90 Å². The number of carbonyl (C=O) groups excluding carboxylic acids is 1. The molecule has 1 fully saturated rings. The number of rotatable bonds is 3. The van der Waals surface area contributed by atoms with Gasteiger partial charge in [0, 0.05) is 18.7 Å². The molecule has 1 saturated heterocycles. The van der Waals surface area contributed by atoms with Gasteiger partial charge in [0.05, 0.1) is 19.8 Å². The Bertz CT molecular complexity index is 594. The molecule has 0 saturated carbocycles. The molecule has 0 amide bonds. The predicted molar refractivity (Wildman–Crippen MR) is 85.9 cm³/mol. The Morgan fingerprint density at radius 3 is 2.50 bits per heavy atom. The SMILES string of the molecule is Br.O=C(CN1CCOCC1)c1ccc2ccccc2c1. The minimum absolute atomic E-state index is 0. The number of halogens is 1. The fourth-order valence-corrected chi connectivity index (χ4v) is 2.42. The second-order valence-electron chi connectivity index (χ2n) is 4.87. The number of Topliss-reactive ketones (excluding diaryl/α,β-unsaturated/α-hetero) is 1. The molecule has 3 rings (SSSR count). The Morgan fingerprint density at radius 2 is 1.75 bits per heavy atom. The van der Waals surface area contributed by atoms with Crippen molar-refractivity contribution in [1.29, 1.82) is 0 Å². The number of ketones is 1. The molecule has 1 aliphatic heterocycles. The van der Waals surface area contributed by atoms with Gasteiger partial charge in [-0.05, 0) is 16.8 Å². The van der Waals surface area contributed by atoms with E-state index in [2.05, 4.69) is 11.0 Å².